The molecule has 0 amide bonds. The molecule has 0 aliphatic heterocycles. The molecule has 116 valence electrons. The molecule has 2 N–H and O–H groups in total. The summed E-state index contributed by atoms with van der Waals surface area (Å²) in [6.45, 7) is 3.25. The van der Waals surface area contributed by atoms with E-state index in [4.69, 9.17) is 19.0 Å². The van der Waals surface area contributed by atoms with Gasteiger partial charge in [0.15, 0.2) is 0 Å². The van der Waals surface area contributed by atoms with E-state index in [1.807, 2.05) is 31.2 Å². The van der Waals surface area contributed by atoms with Crippen molar-refractivity contribution in [2.45, 2.75) is 25.4 Å². The van der Waals surface area contributed by atoms with E-state index in [0.29, 0.717) is 19.6 Å². The first kappa shape index (κ1) is 15.8. The third kappa shape index (κ3) is 3.97. The molecule has 0 aliphatic carbocycles. The minimum atomic E-state index is -0.278. The summed E-state index contributed by atoms with van der Waals surface area (Å²) >= 11 is 0. The maximum Gasteiger partial charge on any atom is 0.134 e. The predicted molar refractivity (Wildman–Crippen MR) is 81.6 cm³/mol. The Balaban J connectivity index is 2.08. The molecule has 2 aromatic rings. The Morgan fingerprint density at radius 2 is 2.10 bits per heavy atom. The Morgan fingerprint density at radius 1 is 1.29 bits per heavy atom. The third-order valence-electron chi connectivity index (χ3n) is 3.59. The van der Waals surface area contributed by atoms with Gasteiger partial charge in [-0.1, -0.05) is 0 Å². The van der Waals surface area contributed by atoms with Crippen molar-refractivity contribution in [1.82, 2.24) is 5.32 Å². The van der Waals surface area contributed by atoms with Gasteiger partial charge < -0.3 is 24.3 Å². The first-order valence-corrected chi connectivity index (χ1v) is 7.01. The highest BCUT2D eigenvalue weighted by Gasteiger charge is 2.23. The number of fused-ring (bicyclic) bond motifs is 1. The summed E-state index contributed by atoms with van der Waals surface area (Å²) in [6.07, 6.45) is 0.620. The molecule has 0 spiro atoms. The summed E-state index contributed by atoms with van der Waals surface area (Å²) in [5, 5.41) is 13.6. The molecular formula is C16H23NO4. The van der Waals surface area contributed by atoms with E-state index >= 15 is 0 Å². The van der Waals surface area contributed by atoms with E-state index in [9.17, 15) is 0 Å². The van der Waals surface area contributed by atoms with E-state index in [1.54, 1.807) is 14.2 Å². The number of aliphatic hydroxyl groups excluding tert-OH is 1. The van der Waals surface area contributed by atoms with Crippen LogP contribution in [0.15, 0.2) is 28.7 Å². The molecule has 1 aromatic carbocycles. The number of hydrogen-bond acceptors (Lipinski definition) is 5. The lowest BCUT2D eigenvalue weighted by Crippen LogP contribution is -2.46. The Bertz CT molecular complexity index is 573. The van der Waals surface area contributed by atoms with Crippen molar-refractivity contribution in [3.8, 4) is 5.75 Å². The fourth-order valence-electron chi connectivity index (χ4n) is 2.37. The molecule has 0 saturated carbocycles. The van der Waals surface area contributed by atoms with Crippen LogP contribution in [0.25, 0.3) is 11.0 Å². The number of furan rings is 1. The highest BCUT2D eigenvalue weighted by molar-refractivity contribution is 5.79. The van der Waals surface area contributed by atoms with E-state index in [1.165, 1.54) is 0 Å². The summed E-state index contributed by atoms with van der Waals surface area (Å²) in [5.41, 5.74) is 0.559. The fraction of sp³-hybridized carbons (Fsp3) is 0.500. The standard InChI is InChI=1S/C16H23NO4/c1-16(6-7-18,11-19-2)17-10-14-9-12-8-13(20-3)4-5-15(12)21-14/h4-5,8-9,17-18H,6-7,10-11H2,1-3H3. The van der Waals surface area contributed by atoms with Crippen LogP contribution >= 0.6 is 0 Å². The smallest absolute Gasteiger partial charge is 0.134 e. The van der Waals surface area contributed by atoms with Crippen LogP contribution in [0.3, 0.4) is 0 Å². The van der Waals surface area contributed by atoms with Gasteiger partial charge in [-0.3, -0.25) is 0 Å². The minimum Gasteiger partial charge on any atom is -0.497 e. The Labute approximate surface area is 124 Å². The normalized spacial score (nSPS) is 14.3. The molecule has 0 radical (unpaired) electrons. The number of nitrogens with one attached hydrogen (secondary N) is 1. The Morgan fingerprint density at radius 3 is 2.76 bits per heavy atom. The second-order valence-electron chi connectivity index (χ2n) is 5.44. The number of rotatable bonds is 8. The minimum absolute atomic E-state index is 0.115. The number of hydrogen-bond donors (Lipinski definition) is 2. The highest BCUT2D eigenvalue weighted by Crippen LogP contribution is 2.24. The summed E-state index contributed by atoms with van der Waals surface area (Å²) in [7, 11) is 3.31. The predicted octanol–water partition coefficient (Wildman–Crippen LogP) is 2.32. The quantitative estimate of drug-likeness (QED) is 0.782. The average molecular weight is 293 g/mol. The first-order valence-electron chi connectivity index (χ1n) is 7.01. The van der Waals surface area contributed by atoms with Gasteiger partial charge in [0.05, 0.1) is 20.3 Å². The van der Waals surface area contributed by atoms with Gasteiger partial charge in [-0.2, -0.15) is 0 Å². The number of ether oxygens (including phenoxy) is 2. The van der Waals surface area contributed by atoms with Crippen molar-refractivity contribution < 1.29 is 19.0 Å². The SMILES string of the molecule is COCC(C)(CCO)NCc1cc2cc(OC)ccc2o1. The van der Waals surface area contributed by atoms with Crippen molar-refractivity contribution in [2.24, 2.45) is 0 Å². The summed E-state index contributed by atoms with van der Waals surface area (Å²) in [5.74, 6) is 1.66. The van der Waals surface area contributed by atoms with Crippen LogP contribution in [0.2, 0.25) is 0 Å². The van der Waals surface area contributed by atoms with Crippen LogP contribution in [-0.2, 0) is 11.3 Å². The van der Waals surface area contributed by atoms with E-state index < -0.39 is 0 Å². The molecule has 1 heterocycles. The van der Waals surface area contributed by atoms with Gasteiger partial charge >= 0.3 is 0 Å². The summed E-state index contributed by atoms with van der Waals surface area (Å²) < 4.78 is 16.2. The number of methoxy groups -OCH3 is 2. The second-order valence-corrected chi connectivity index (χ2v) is 5.44. The zero-order valence-electron chi connectivity index (χ0n) is 12.8. The van der Waals surface area contributed by atoms with Crippen molar-refractivity contribution in [1.29, 1.82) is 0 Å². The molecule has 1 unspecified atom stereocenters. The maximum atomic E-state index is 9.16. The molecule has 2 rings (SSSR count). The van der Waals surface area contributed by atoms with Gasteiger partial charge in [0.1, 0.15) is 17.1 Å². The van der Waals surface area contributed by atoms with Crippen molar-refractivity contribution in [2.75, 3.05) is 27.4 Å². The fourth-order valence-corrected chi connectivity index (χ4v) is 2.37. The summed E-state index contributed by atoms with van der Waals surface area (Å²) in [4.78, 5) is 0. The monoisotopic (exact) mass is 293 g/mol. The Hall–Kier alpha value is -1.56. The Kier molecular flexibility index (Phi) is 5.22. The lowest BCUT2D eigenvalue weighted by Gasteiger charge is -2.29. The van der Waals surface area contributed by atoms with Crippen LogP contribution in [0.1, 0.15) is 19.1 Å². The van der Waals surface area contributed by atoms with E-state index in [2.05, 4.69) is 5.32 Å². The van der Waals surface area contributed by atoms with Gasteiger partial charge in [0.2, 0.25) is 0 Å². The zero-order valence-corrected chi connectivity index (χ0v) is 12.8. The van der Waals surface area contributed by atoms with Gasteiger partial charge in [0.25, 0.3) is 0 Å². The van der Waals surface area contributed by atoms with Crippen LogP contribution in [0.4, 0.5) is 0 Å². The molecule has 0 fully saturated rings. The van der Waals surface area contributed by atoms with Gasteiger partial charge in [-0.15, -0.1) is 0 Å². The molecule has 0 saturated heterocycles. The molecule has 0 bridgehead atoms. The van der Waals surface area contributed by atoms with Gasteiger partial charge in [0, 0.05) is 24.6 Å². The molecule has 1 aromatic heterocycles. The first-order chi connectivity index (χ1) is 10.1. The third-order valence-corrected chi connectivity index (χ3v) is 3.59. The van der Waals surface area contributed by atoms with E-state index in [0.717, 1.165) is 22.5 Å². The average Bonchev–Trinajstić information content (AvgIpc) is 2.87. The van der Waals surface area contributed by atoms with Crippen molar-refractivity contribution in [3.63, 3.8) is 0 Å². The molecule has 5 heteroatoms. The summed E-state index contributed by atoms with van der Waals surface area (Å²) in [6, 6.07) is 7.73. The highest BCUT2D eigenvalue weighted by atomic mass is 16.5. The van der Waals surface area contributed by atoms with Gasteiger partial charge in [-0.25, -0.2) is 0 Å². The van der Waals surface area contributed by atoms with Crippen LogP contribution in [0, 0.1) is 0 Å². The van der Waals surface area contributed by atoms with E-state index in [-0.39, 0.29) is 12.1 Å². The largest absolute Gasteiger partial charge is 0.497 e. The zero-order chi connectivity index (χ0) is 15.3. The van der Waals surface area contributed by atoms with Crippen LogP contribution in [-0.4, -0.2) is 38.1 Å². The second kappa shape index (κ2) is 6.93. The number of aliphatic hydroxyl groups is 1. The lowest BCUT2D eigenvalue weighted by molar-refractivity contribution is 0.0957. The molecular weight excluding hydrogens is 270 g/mol. The van der Waals surface area contributed by atoms with Gasteiger partial charge in [-0.05, 0) is 37.6 Å². The van der Waals surface area contributed by atoms with Crippen LogP contribution in [0.5, 0.6) is 5.75 Å². The van der Waals surface area contributed by atoms with Crippen molar-refractivity contribution >= 4 is 11.0 Å². The van der Waals surface area contributed by atoms with Crippen LogP contribution < -0.4 is 10.1 Å². The lowest BCUT2D eigenvalue weighted by atomic mass is 9.99. The molecule has 1 atom stereocenters. The number of benzene rings is 1. The molecule has 0 aliphatic rings. The molecule has 5 nitrogen and oxygen atoms in total. The van der Waals surface area contributed by atoms with Crippen molar-refractivity contribution in [3.05, 3.63) is 30.0 Å². The topological polar surface area (TPSA) is 63.9 Å². The molecule has 21 heavy (non-hydrogen) atoms. The maximum absolute atomic E-state index is 9.16.